The van der Waals surface area contributed by atoms with Crippen LogP contribution in [0.25, 0.3) is 11.3 Å². The van der Waals surface area contributed by atoms with Crippen molar-refractivity contribution in [2.75, 3.05) is 12.3 Å². The molecule has 0 aliphatic heterocycles. The molecule has 122 valence electrons. The molecule has 24 heavy (non-hydrogen) atoms. The summed E-state index contributed by atoms with van der Waals surface area (Å²) in [7, 11) is 0. The molecule has 3 N–H and O–H groups in total. The lowest BCUT2D eigenvalue weighted by molar-refractivity contribution is 0.0952. The highest BCUT2D eigenvalue weighted by Gasteiger charge is 2.07. The first-order chi connectivity index (χ1) is 11.6. The minimum atomic E-state index is -0.154. The zero-order valence-corrected chi connectivity index (χ0v) is 13.4. The average molecular weight is 343 g/mol. The largest absolute Gasteiger partial charge is 0.382 e. The van der Waals surface area contributed by atoms with Gasteiger partial charge in [0, 0.05) is 23.9 Å². The molecule has 0 aliphatic rings. The van der Waals surface area contributed by atoms with Gasteiger partial charge < -0.3 is 11.1 Å². The number of nitrogens with zero attached hydrogens (tertiary/aromatic N) is 4. The molecule has 2 heterocycles. The summed E-state index contributed by atoms with van der Waals surface area (Å²) in [6.07, 6.45) is 6.37. The second-order valence-electron chi connectivity index (χ2n) is 5.08. The number of hydrogen-bond acceptors (Lipinski definition) is 5. The van der Waals surface area contributed by atoms with E-state index >= 15 is 0 Å². The summed E-state index contributed by atoms with van der Waals surface area (Å²) in [5.74, 6) is 0.200. The number of rotatable bonds is 5. The summed E-state index contributed by atoms with van der Waals surface area (Å²) in [6.45, 7) is 1.01. The van der Waals surface area contributed by atoms with E-state index in [-0.39, 0.29) is 5.91 Å². The molecular weight excluding hydrogens is 328 g/mol. The first-order valence-electron chi connectivity index (χ1n) is 7.26. The molecule has 7 nitrogen and oxygen atoms in total. The minimum absolute atomic E-state index is 0.154. The first-order valence-corrected chi connectivity index (χ1v) is 7.64. The third-order valence-electron chi connectivity index (χ3n) is 3.32. The lowest BCUT2D eigenvalue weighted by Crippen LogP contribution is -2.27. The molecule has 1 aromatic carbocycles. The summed E-state index contributed by atoms with van der Waals surface area (Å²) in [5, 5.41) is 7.45. The van der Waals surface area contributed by atoms with Crippen LogP contribution in [0.2, 0.25) is 5.02 Å². The number of benzene rings is 1. The van der Waals surface area contributed by atoms with E-state index < -0.39 is 0 Å². The molecule has 0 atom stereocenters. The highest BCUT2D eigenvalue weighted by molar-refractivity contribution is 6.30. The van der Waals surface area contributed by atoms with Gasteiger partial charge in [0.1, 0.15) is 5.82 Å². The van der Waals surface area contributed by atoms with E-state index in [1.54, 1.807) is 35.4 Å². The van der Waals surface area contributed by atoms with Crippen LogP contribution >= 0.6 is 11.6 Å². The first kappa shape index (κ1) is 15.9. The fourth-order valence-electron chi connectivity index (χ4n) is 2.16. The van der Waals surface area contributed by atoms with Crippen molar-refractivity contribution in [2.24, 2.45) is 0 Å². The molecule has 0 bridgehead atoms. The van der Waals surface area contributed by atoms with Crippen molar-refractivity contribution < 1.29 is 4.79 Å². The predicted molar refractivity (Wildman–Crippen MR) is 91.5 cm³/mol. The SMILES string of the molecule is Nc1cncc(-c2ccc(C(=O)NCCn3cc(Cl)cn3)cc2)n1. The van der Waals surface area contributed by atoms with Gasteiger partial charge in [-0.2, -0.15) is 5.10 Å². The van der Waals surface area contributed by atoms with Crippen molar-refractivity contribution in [1.29, 1.82) is 0 Å². The van der Waals surface area contributed by atoms with Gasteiger partial charge in [-0.3, -0.25) is 14.5 Å². The van der Waals surface area contributed by atoms with Crippen molar-refractivity contribution >= 4 is 23.3 Å². The Morgan fingerprint density at radius 2 is 2.00 bits per heavy atom. The number of carbonyl (C=O) groups excluding carboxylic acids is 1. The Labute approximate surface area is 143 Å². The van der Waals surface area contributed by atoms with Crippen LogP contribution in [0.1, 0.15) is 10.4 Å². The molecular formula is C16H15ClN6O. The van der Waals surface area contributed by atoms with Crippen molar-refractivity contribution in [3.63, 3.8) is 0 Å². The van der Waals surface area contributed by atoms with Gasteiger partial charge in [-0.25, -0.2) is 4.98 Å². The number of nitrogens with one attached hydrogen (secondary N) is 1. The highest BCUT2D eigenvalue weighted by atomic mass is 35.5. The molecule has 0 saturated heterocycles. The van der Waals surface area contributed by atoms with Crippen molar-refractivity contribution in [3.05, 3.63) is 59.6 Å². The zero-order chi connectivity index (χ0) is 16.9. The van der Waals surface area contributed by atoms with Crippen LogP contribution in [0.3, 0.4) is 0 Å². The van der Waals surface area contributed by atoms with Gasteiger partial charge in [0.25, 0.3) is 5.91 Å². The van der Waals surface area contributed by atoms with Gasteiger partial charge in [0.2, 0.25) is 0 Å². The Morgan fingerprint density at radius 3 is 2.67 bits per heavy atom. The maximum absolute atomic E-state index is 12.1. The molecule has 0 spiro atoms. The van der Waals surface area contributed by atoms with E-state index in [0.717, 1.165) is 5.56 Å². The molecule has 8 heteroatoms. The fourth-order valence-corrected chi connectivity index (χ4v) is 2.32. The topological polar surface area (TPSA) is 98.7 Å². The molecule has 2 aromatic heterocycles. The van der Waals surface area contributed by atoms with E-state index in [4.69, 9.17) is 17.3 Å². The van der Waals surface area contributed by atoms with Crippen molar-refractivity contribution in [2.45, 2.75) is 6.54 Å². The van der Waals surface area contributed by atoms with Crippen LogP contribution in [0.15, 0.2) is 49.1 Å². The predicted octanol–water partition coefficient (Wildman–Crippen LogP) is 2.01. The number of anilines is 1. The normalized spacial score (nSPS) is 10.5. The van der Waals surface area contributed by atoms with Gasteiger partial charge in [-0.1, -0.05) is 23.7 Å². The van der Waals surface area contributed by atoms with Crippen LogP contribution in [0, 0.1) is 0 Å². The quantitative estimate of drug-likeness (QED) is 0.739. The highest BCUT2D eigenvalue weighted by Crippen LogP contribution is 2.17. The maximum Gasteiger partial charge on any atom is 0.251 e. The van der Waals surface area contributed by atoms with Gasteiger partial charge in [0.05, 0.1) is 35.9 Å². The number of aromatic nitrogens is 4. The summed E-state index contributed by atoms with van der Waals surface area (Å²) in [6, 6.07) is 7.10. The lowest BCUT2D eigenvalue weighted by Gasteiger charge is -2.06. The standard InChI is InChI=1S/C16H15ClN6O/c17-13-7-21-23(10-13)6-5-20-16(24)12-3-1-11(2-4-12)14-8-19-9-15(18)22-14/h1-4,7-10H,5-6H2,(H2,18,22)(H,20,24). The lowest BCUT2D eigenvalue weighted by atomic mass is 10.1. The maximum atomic E-state index is 12.1. The van der Waals surface area contributed by atoms with E-state index in [9.17, 15) is 4.79 Å². The molecule has 3 aromatic rings. The molecule has 0 aliphatic carbocycles. The molecule has 0 unspecified atom stereocenters. The van der Waals surface area contributed by atoms with Crippen LogP contribution in [-0.2, 0) is 6.54 Å². The number of nitrogen functional groups attached to an aromatic ring is 1. The minimum Gasteiger partial charge on any atom is -0.382 e. The Kier molecular flexibility index (Phi) is 4.72. The van der Waals surface area contributed by atoms with Crippen LogP contribution in [0.4, 0.5) is 5.82 Å². The number of nitrogens with two attached hydrogens (primary N) is 1. The number of halogens is 1. The summed E-state index contributed by atoms with van der Waals surface area (Å²) in [5.41, 5.74) is 7.70. The second kappa shape index (κ2) is 7.10. The monoisotopic (exact) mass is 342 g/mol. The van der Waals surface area contributed by atoms with E-state index in [2.05, 4.69) is 20.4 Å². The molecule has 0 saturated carbocycles. The van der Waals surface area contributed by atoms with Crippen molar-refractivity contribution in [3.8, 4) is 11.3 Å². The number of carbonyl (C=O) groups is 1. The van der Waals surface area contributed by atoms with Crippen LogP contribution in [0.5, 0.6) is 0 Å². The Bertz CT molecular complexity index is 846. The zero-order valence-electron chi connectivity index (χ0n) is 12.7. The van der Waals surface area contributed by atoms with Gasteiger partial charge in [0.15, 0.2) is 0 Å². The molecule has 0 radical (unpaired) electrons. The average Bonchev–Trinajstić information content (AvgIpc) is 3.00. The van der Waals surface area contributed by atoms with E-state index in [0.29, 0.717) is 35.2 Å². The molecule has 0 fully saturated rings. The van der Waals surface area contributed by atoms with Crippen LogP contribution in [-0.4, -0.2) is 32.2 Å². The van der Waals surface area contributed by atoms with Gasteiger partial charge >= 0.3 is 0 Å². The third kappa shape index (κ3) is 3.88. The fraction of sp³-hybridized carbons (Fsp3) is 0.125. The number of amides is 1. The summed E-state index contributed by atoms with van der Waals surface area (Å²) in [4.78, 5) is 20.3. The summed E-state index contributed by atoms with van der Waals surface area (Å²) >= 11 is 5.78. The Balaban J connectivity index is 1.59. The smallest absolute Gasteiger partial charge is 0.251 e. The second-order valence-corrected chi connectivity index (χ2v) is 5.52. The van der Waals surface area contributed by atoms with Gasteiger partial charge in [-0.15, -0.1) is 0 Å². The van der Waals surface area contributed by atoms with E-state index in [1.165, 1.54) is 6.20 Å². The molecule has 1 amide bonds. The third-order valence-corrected chi connectivity index (χ3v) is 3.52. The number of hydrogen-bond donors (Lipinski definition) is 2. The van der Waals surface area contributed by atoms with E-state index in [1.807, 2.05) is 12.1 Å². The summed E-state index contributed by atoms with van der Waals surface area (Å²) < 4.78 is 1.67. The molecule has 3 rings (SSSR count). The Morgan fingerprint density at radius 1 is 1.21 bits per heavy atom. The van der Waals surface area contributed by atoms with Gasteiger partial charge in [-0.05, 0) is 12.1 Å². The van der Waals surface area contributed by atoms with Crippen molar-refractivity contribution in [1.82, 2.24) is 25.1 Å². The van der Waals surface area contributed by atoms with Crippen LogP contribution < -0.4 is 11.1 Å². The Hall–Kier alpha value is -2.93.